The Kier molecular flexibility index (Phi) is 5.96. The summed E-state index contributed by atoms with van der Waals surface area (Å²) in [5.41, 5.74) is 1.24. The van der Waals surface area contributed by atoms with E-state index < -0.39 is 6.10 Å². The van der Waals surface area contributed by atoms with Crippen molar-refractivity contribution in [3.8, 4) is 0 Å². The highest BCUT2D eigenvalue weighted by atomic mass is 32.2. The zero-order valence-electron chi connectivity index (χ0n) is 9.51. The van der Waals surface area contributed by atoms with Gasteiger partial charge in [0.25, 0.3) is 0 Å². The summed E-state index contributed by atoms with van der Waals surface area (Å²) in [5, 5.41) is 0. The molecular weight excluding hydrogens is 224 g/mol. The van der Waals surface area contributed by atoms with Crippen LogP contribution in [-0.2, 0) is 20.0 Å². The molecule has 1 aromatic rings. The third-order valence-electron chi connectivity index (χ3n) is 2.13. The molecule has 3 nitrogen and oxygen atoms in total. The molecule has 0 saturated heterocycles. The molecule has 0 bridgehead atoms. The third-order valence-corrected chi connectivity index (χ3v) is 3.21. The first-order valence-corrected chi connectivity index (χ1v) is 6.15. The zero-order chi connectivity index (χ0) is 11.8. The predicted octanol–water partition coefficient (Wildman–Crippen LogP) is 2.11. The smallest absolute Gasteiger partial charge is 0.335 e. The topological polar surface area (TPSA) is 35.5 Å². The van der Waals surface area contributed by atoms with E-state index in [1.807, 2.05) is 18.2 Å². The molecule has 0 saturated carbocycles. The second kappa shape index (κ2) is 7.30. The summed E-state index contributed by atoms with van der Waals surface area (Å²) in [7, 11) is 2.89. The summed E-state index contributed by atoms with van der Waals surface area (Å²) >= 11 is 1.66. The molecule has 0 heterocycles. The van der Waals surface area contributed by atoms with Crippen LogP contribution in [0.4, 0.5) is 0 Å². The summed E-state index contributed by atoms with van der Waals surface area (Å²) < 4.78 is 9.67. The lowest BCUT2D eigenvalue weighted by atomic mass is 10.2. The van der Waals surface area contributed by atoms with E-state index in [-0.39, 0.29) is 5.97 Å². The zero-order valence-corrected chi connectivity index (χ0v) is 10.3. The van der Waals surface area contributed by atoms with E-state index in [0.717, 1.165) is 5.75 Å². The fourth-order valence-electron chi connectivity index (χ4n) is 1.22. The van der Waals surface area contributed by atoms with Crippen molar-refractivity contribution in [3.63, 3.8) is 0 Å². The Morgan fingerprint density at radius 2 is 2.00 bits per heavy atom. The molecule has 0 aromatic heterocycles. The van der Waals surface area contributed by atoms with Crippen LogP contribution < -0.4 is 0 Å². The van der Waals surface area contributed by atoms with Gasteiger partial charge >= 0.3 is 5.97 Å². The van der Waals surface area contributed by atoms with E-state index in [9.17, 15) is 4.79 Å². The minimum atomic E-state index is -0.473. The minimum absolute atomic E-state index is 0.317. The highest BCUT2D eigenvalue weighted by Gasteiger charge is 2.17. The summed E-state index contributed by atoms with van der Waals surface area (Å²) in [6, 6.07) is 10.1. The van der Waals surface area contributed by atoms with Crippen molar-refractivity contribution in [2.24, 2.45) is 0 Å². The number of rotatable bonds is 6. The van der Waals surface area contributed by atoms with Crippen LogP contribution in [0.3, 0.4) is 0 Å². The Balaban J connectivity index is 2.31. The van der Waals surface area contributed by atoms with Crippen molar-refractivity contribution in [2.75, 3.05) is 20.0 Å². The highest BCUT2D eigenvalue weighted by molar-refractivity contribution is 7.98. The monoisotopic (exact) mass is 240 g/mol. The van der Waals surface area contributed by atoms with Crippen LogP contribution in [0.5, 0.6) is 0 Å². The van der Waals surface area contributed by atoms with Gasteiger partial charge in [-0.25, -0.2) is 4.79 Å². The number of benzene rings is 1. The molecule has 0 aliphatic heterocycles. The molecule has 1 aromatic carbocycles. The fraction of sp³-hybridized carbons (Fsp3) is 0.417. The lowest BCUT2D eigenvalue weighted by molar-refractivity contribution is -0.150. The Hall–Kier alpha value is -1.00. The summed E-state index contributed by atoms with van der Waals surface area (Å²) in [4.78, 5) is 11.2. The van der Waals surface area contributed by atoms with Gasteiger partial charge < -0.3 is 9.47 Å². The number of esters is 1. The number of hydrogen-bond acceptors (Lipinski definition) is 4. The minimum Gasteiger partial charge on any atom is -0.467 e. The molecule has 0 aliphatic carbocycles. The first-order chi connectivity index (χ1) is 7.77. The lowest BCUT2D eigenvalue weighted by Crippen LogP contribution is -2.26. The van der Waals surface area contributed by atoms with Crippen LogP contribution in [0.2, 0.25) is 0 Å². The van der Waals surface area contributed by atoms with E-state index in [1.165, 1.54) is 19.8 Å². The average molecular weight is 240 g/mol. The Labute approximate surface area is 100 Å². The van der Waals surface area contributed by atoms with Crippen LogP contribution in [0.15, 0.2) is 30.3 Å². The van der Waals surface area contributed by atoms with Crippen LogP contribution >= 0.6 is 11.8 Å². The van der Waals surface area contributed by atoms with Crippen molar-refractivity contribution in [1.29, 1.82) is 0 Å². The molecular formula is C12H16O3S. The maximum Gasteiger partial charge on any atom is 0.335 e. The average Bonchev–Trinajstić information content (AvgIpc) is 2.35. The first-order valence-electron chi connectivity index (χ1n) is 5.00. The molecule has 88 valence electrons. The van der Waals surface area contributed by atoms with Gasteiger partial charge in [0.15, 0.2) is 6.10 Å². The molecule has 0 spiro atoms. The van der Waals surface area contributed by atoms with Crippen molar-refractivity contribution in [2.45, 2.75) is 11.9 Å². The van der Waals surface area contributed by atoms with Gasteiger partial charge in [-0.3, -0.25) is 0 Å². The van der Waals surface area contributed by atoms with Gasteiger partial charge in [-0.05, 0) is 5.56 Å². The van der Waals surface area contributed by atoms with Crippen LogP contribution in [-0.4, -0.2) is 32.0 Å². The van der Waals surface area contributed by atoms with Crippen LogP contribution in [0.1, 0.15) is 5.56 Å². The molecule has 1 unspecified atom stereocenters. The molecule has 4 heteroatoms. The van der Waals surface area contributed by atoms with Crippen molar-refractivity contribution in [1.82, 2.24) is 0 Å². The standard InChI is InChI=1S/C12H16O3S/c1-14-11(12(13)15-2)9-16-8-10-6-4-3-5-7-10/h3-7,11H,8-9H2,1-2H3. The number of carbonyl (C=O) groups is 1. The molecule has 0 N–H and O–H groups in total. The van der Waals surface area contributed by atoms with Crippen LogP contribution in [0.25, 0.3) is 0 Å². The van der Waals surface area contributed by atoms with Gasteiger partial charge in [0.1, 0.15) is 0 Å². The Bertz CT molecular complexity index is 313. The van der Waals surface area contributed by atoms with Gasteiger partial charge in [0.05, 0.1) is 7.11 Å². The molecule has 16 heavy (non-hydrogen) atoms. The van der Waals surface area contributed by atoms with E-state index in [4.69, 9.17) is 4.74 Å². The molecule has 0 radical (unpaired) electrons. The fourth-order valence-corrected chi connectivity index (χ4v) is 2.25. The van der Waals surface area contributed by atoms with E-state index in [2.05, 4.69) is 16.9 Å². The van der Waals surface area contributed by atoms with Crippen molar-refractivity contribution >= 4 is 17.7 Å². The van der Waals surface area contributed by atoms with Crippen molar-refractivity contribution < 1.29 is 14.3 Å². The lowest BCUT2D eigenvalue weighted by Gasteiger charge is -2.12. The molecule has 1 atom stereocenters. The van der Waals surface area contributed by atoms with E-state index in [0.29, 0.717) is 5.75 Å². The number of carbonyl (C=O) groups excluding carboxylic acids is 1. The molecule has 0 amide bonds. The van der Waals surface area contributed by atoms with Crippen molar-refractivity contribution in [3.05, 3.63) is 35.9 Å². The predicted molar refractivity (Wildman–Crippen MR) is 65.4 cm³/mol. The highest BCUT2D eigenvalue weighted by Crippen LogP contribution is 2.14. The maximum absolute atomic E-state index is 11.2. The van der Waals surface area contributed by atoms with Gasteiger partial charge in [0, 0.05) is 18.6 Å². The summed E-state index contributed by atoms with van der Waals surface area (Å²) in [6.07, 6.45) is -0.473. The number of methoxy groups -OCH3 is 2. The number of ether oxygens (including phenoxy) is 2. The van der Waals surface area contributed by atoms with Gasteiger partial charge in [0.2, 0.25) is 0 Å². The Morgan fingerprint density at radius 1 is 1.31 bits per heavy atom. The van der Waals surface area contributed by atoms with E-state index >= 15 is 0 Å². The van der Waals surface area contributed by atoms with Gasteiger partial charge in [-0.1, -0.05) is 30.3 Å². The van der Waals surface area contributed by atoms with Gasteiger partial charge in [-0.2, -0.15) is 11.8 Å². The van der Waals surface area contributed by atoms with Gasteiger partial charge in [-0.15, -0.1) is 0 Å². The molecule has 0 fully saturated rings. The largest absolute Gasteiger partial charge is 0.467 e. The number of thioether (sulfide) groups is 1. The third kappa shape index (κ3) is 4.24. The summed E-state index contributed by atoms with van der Waals surface area (Å²) in [6.45, 7) is 0. The van der Waals surface area contributed by atoms with Crippen LogP contribution in [0, 0.1) is 0 Å². The first kappa shape index (κ1) is 13.1. The summed E-state index contributed by atoms with van der Waals surface area (Å²) in [5.74, 6) is 1.17. The van der Waals surface area contributed by atoms with E-state index in [1.54, 1.807) is 11.8 Å². The molecule has 0 aliphatic rings. The quantitative estimate of drug-likeness (QED) is 0.713. The Morgan fingerprint density at radius 3 is 2.56 bits per heavy atom. The second-order valence-electron chi connectivity index (χ2n) is 3.25. The molecule has 1 rings (SSSR count). The second-order valence-corrected chi connectivity index (χ2v) is 4.28. The maximum atomic E-state index is 11.2. The SMILES string of the molecule is COC(=O)C(CSCc1ccccc1)OC. The number of hydrogen-bond donors (Lipinski definition) is 0. The normalized spacial score (nSPS) is 12.1.